The summed E-state index contributed by atoms with van der Waals surface area (Å²) in [7, 11) is 3.44. The number of hydrogen-bond donors (Lipinski definition) is 2. The predicted octanol–water partition coefficient (Wildman–Crippen LogP) is 0.708. The summed E-state index contributed by atoms with van der Waals surface area (Å²) in [5, 5.41) is 16.6. The first-order chi connectivity index (χ1) is 7.13. The predicted molar refractivity (Wildman–Crippen MR) is 55.0 cm³/mol. The van der Waals surface area contributed by atoms with Crippen molar-refractivity contribution in [3.05, 3.63) is 18.0 Å². The van der Waals surface area contributed by atoms with E-state index in [2.05, 4.69) is 15.4 Å². The van der Waals surface area contributed by atoms with Crippen LogP contribution in [0.2, 0.25) is 0 Å². The van der Waals surface area contributed by atoms with Gasteiger partial charge >= 0.3 is 5.97 Å². The van der Waals surface area contributed by atoms with E-state index >= 15 is 0 Å². The molecule has 0 amide bonds. The molecule has 2 rings (SSSR count). The van der Waals surface area contributed by atoms with Gasteiger partial charge in [0.2, 0.25) is 0 Å². The number of hydrogen-bond acceptors (Lipinski definition) is 4. The molecule has 6 nitrogen and oxygen atoms in total. The minimum absolute atomic E-state index is 0.151. The molecule has 0 radical (unpaired) electrons. The second kappa shape index (κ2) is 3.23. The third-order valence-corrected chi connectivity index (χ3v) is 2.14. The second-order valence-electron chi connectivity index (χ2n) is 3.14. The van der Waals surface area contributed by atoms with E-state index in [-0.39, 0.29) is 5.56 Å². The van der Waals surface area contributed by atoms with E-state index in [9.17, 15) is 4.79 Å². The molecule has 0 bridgehead atoms. The smallest absolute Gasteiger partial charge is 0.339 e. The van der Waals surface area contributed by atoms with Crippen molar-refractivity contribution < 1.29 is 9.90 Å². The summed E-state index contributed by atoms with van der Waals surface area (Å²) in [5.41, 5.74) is 1.23. The van der Waals surface area contributed by atoms with E-state index in [1.807, 2.05) is 0 Å². The van der Waals surface area contributed by atoms with Crippen LogP contribution >= 0.6 is 0 Å². The van der Waals surface area contributed by atoms with E-state index in [1.165, 1.54) is 6.20 Å². The first kappa shape index (κ1) is 9.45. The Labute approximate surface area is 85.5 Å². The number of pyridine rings is 1. The van der Waals surface area contributed by atoms with Crippen LogP contribution in [0.1, 0.15) is 10.4 Å². The van der Waals surface area contributed by atoms with Crippen LogP contribution in [0, 0.1) is 0 Å². The molecule has 0 aliphatic carbocycles. The molecule has 6 heteroatoms. The van der Waals surface area contributed by atoms with E-state index < -0.39 is 5.97 Å². The third kappa shape index (κ3) is 1.39. The molecule has 0 saturated heterocycles. The van der Waals surface area contributed by atoms with E-state index in [0.717, 1.165) is 0 Å². The Morgan fingerprint density at radius 3 is 2.93 bits per heavy atom. The molecule has 0 fully saturated rings. The fourth-order valence-corrected chi connectivity index (χ4v) is 1.52. The molecule has 0 aliphatic heterocycles. The normalized spacial score (nSPS) is 10.5. The summed E-state index contributed by atoms with van der Waals surface area (Å²) in [6, 6.07) is 0. The van der Waals surface area contributed by atoms with Crippen LogP contribution in [0.3, 0.4) is 0 Å². The highest BCUT2D eigenvalue weighted by molar-refractivity contribution is 6.03. The average Bonchev–Trinajstić information content (AvgIpc) is 2.55. The minimum Gasteiger partial charge on any atom is -0.478 e. The van der Waals surface area contributed by atoms with Crippen LogP contribution in [-0.2, 0) is 7.05 Å². The molecule has 0 saturated carbocycles. The molecule has 0 aliphatic rings. The molecule has 0 unspecified atom stereocenters. The maximum absolute atomic E-state index is 10.9. The lowest BCUT2D eigenvalue weighted by atomic mass is 10.2. The van der Waals surface area contributed by atoms with Gasteiger partial charge in [-0.1, -0.05) is 0 Å². The zero-order valence-electron chi connectivity index (χ0n) is 8.35. The molecular weight excluding hydrogens is 196 g/mol. The number of carboxylic acid groups (broad SMARTS) is 1. The Balaban J connectivity index is 2.80. The van der Waals surface area contributed by atoms with Gasteiger partial charge in [-0.15, -0.1) is 0 Å². The number of anilines is 1. The number of carboxylic acids is 1. The molecule has 78 valence electrons. The molecule has 0 atom stereocenters. The van der Waals surface area contributed by atoms with E-state index in [1.54, 1.807) is 25.0 Å². The van der Waals surface area contributed by atoms with E-state index in [4.69, 9.17) is 5.11 Å². The highest BCUT2D eigenvalue weighted by Gasteiger charge is 2.14. The molecule has 2 N–H and O–H groups in total. The average molecular weight is 206 g/mol. The molecule has 15 heavy (non-hydrogen) atoms. The summed E-state index contributed by atoms with van der Waals surface area (Å²) >= 11 is 0. The number of aryl methyl sites for hydroxylation is 1. The van der Waals surface area contributed by atoms with Gasteiger partial charge in [0, 0.05) is 26.5 Å². The fourth-order valence-electron chi connectivity index (χ4n) is 1.52. The van der Waals surface area contributed by atoms with Crippen molar-refractivity contribution in [1.82, 2.24) is 14.8 Å². The zero-order chi connectivity index (χ0) is 11.0. The minimum atomic E-state index is -1.00. The molecule has 2 aromatic rings. The van der Waals surface area contributed by atoms with Crippen molar-refractivity contribution in [2.75, 3.05) is 12.4 Å². The van der Waals surface area contributed by atoms with Gasteiger partial charge in [0.15, 0.2) is 5.65 Å². The van der Waals surface area contributed by atoms with Crippen molar-refractivity contribution in [3.63, 3.8) is 0 Å². The van der Waals surface area contributed by atoms with Gasteiger partial charge in [0.1, 0.15) is 5.56 Å². The number of aromatic carboxylic acids is 1. The van der Waals surface area contributed by atoms with Crippen LogP contribution < -0.4 is 5.32 Å². The van der Waals surface area contributed by atoms with Crippen molar-refractivity contribution in [2.45, 2.75) is 0 Å². The van der Waals surface area contributed by atoms with Gasteiger partial charge in [-0.2, -0.15) is 5.10 Å². The summed E-state index contributed by atoms with van der Waals surface area (Å²) in [4.78, 5) is 14.9. The molecular formula is C9H10N4O2. The largest absolute Gasteiger partial charge is 0.478 e. The second-order valence-corrected chi connectivity index (χ2v) is 3.14. The maximum atomic E-state index is 10.9. The molecule has 0 spiro atoms. The van der Waals surface area contributed by atoms with E-state index in [0.29, 0.717) is 16.7 Å². The molecule has 0 aromatic carbocycles. The highest BCUT2D eigenvalue weighted by atomic mass is 16.4. The first-order valence-electron chi connectivity index (χ1n) is 4.37. The van der Waals surface area contributed by atoms with Crippen molar-refractivity contribution in [3.8, 4) is 0 Å². The van der Waals surface area contributed by atoms with Crippen molar-refractivity contribution >= 4 is 22.7 Å². The van der Waals surface area contributed by atoms with Gasteiger partial charge in [0.25, 0.3) is 0 Å². The van der Waals surface area contributed by atoms with Crippen LogP contribution in [0.25, 0.3) is 11.0 Å². The van der Waals surface area contributed by atoms with Crippen LogP contribution in [0.4, 0.5) is 5.69 Å². The van der Waals surface area contributed by atoms with Gasteiger partial charge < -0.3 is 10.4 Å². The number of carbonyl (C=O) groups is 1. The van der Waals surface area contributed by atoms with Gasteiger partial charge in [-0.25, -0.2) is 9.78 Å². The standard InChI is InChI=1S/C9H10N4O2/c1-10-7-5(9(14)15)3-11-8-6(7)4-13(2)12-8/h3-4,10H,1-2H3,(H,14,15). The lowest BCUT2D eigenvalue weighted by Crippen LogP contribution is -2.03. The number of fused-ring (bicyclic) bond motifs is 1. The van der Waals surface area contributed by atoms with Crippen molar-refractivity contribution in [1.29, 1.82) is 0 Å². The lowest BCUT2D eigenvalue weighted by Gasteiger charge is -2.04. The SMILES string of the molecule is CNc1c(C(=O)O)cnc2nn(C)cc12. The highest BCUT2D eigenvalue weighted by Crippen LogP contribution is 2.24. The summed E-state index contributed by atoms with van der Waals surface area (Å²) < 4.78 is 1.60. The van der Waals surface area contributed by atoms with Crippen LogP contribution in [0.15, 0.2) is 12.4 Å². The van der Waals surface area contributed by atoms with Crippen LogP contribution in [0.5, 0.6) is 0 Å². The zero-order valence-corrected chi connectivity index (χ0v) is 8.35. The Kier molecular flexibility index (Phi) is 2.03. The number of aromatic nitrogens is 3. The molecule has 2 aromatic heterocycles. The monoisotopic (exact) mass is 206 g/mol. The Morgan fingerprint density at radius 1 is 1.60 bits per heavy atom. The quantitative estimate of drug-likeness (QED) is 0.756. The summed E-state index contributed by atoms with van der Waals surface area (Å²) in [6.07, 6.45) is 3.05. The summed E-state index contributed by atoms with van der Waals surface area (Å²) in [5.74, 6) is -1.00. The first-order valence-corrected chi connectivity index (χ1v) is 4.37. The van der Waals surface area contributed by atoms with Gasteiger partial charge in [0.05, 0.1) is 11.1 Å². The summed E-state index contributed by atoms with van der Waals surface area (Å²) in [6.45, 7) is 0. The number of rotatable bonds is 2. The topological polar surface area (TPSA) is 80.0 Å². The fraction of sp³-hybridized carbons (Fsp3) is 0.222. The van der Waals surface area contributed by atoms with Crippen LogP contribution in [-0.4, -0.2) is 32.9 Å². The maximum Gasteiger partial charge on any atom is 0.339 e. The Hall–Kier alpha value is -2.11. The molecule has 2 heterocycles. The van der Waals surface area contributed by atoms with Gasteiger partial charge in [-0.3, -0.25) is 4.68 Å². The Bertz CT molecular complexity index is 532. The number of nitrogens with one attached hydrogen (secondary N) is 1. The van der Waals surface area contributed by atoms with Crippen molar-refractivity contribution in [2.24, 2.45) is 7.05 Å². The Morgan fingerprint density at radius 2 is 2.33 bits per heavy atom. The van der Waals surface area contributed by atoms with Gasteiger partial charge in [-0.05, 0) is 0 Å². The number of nitrogens with zero attached hydrogens (tertiary/aromatic N) is 3. The lowest BCUT2D eigenvalue weighted by molar-refractivity contribution is 0.0697. The third-order valence-electron chi connectivity index (χ3n) is 2.14.